The van der Waals surface area contributed by atoms with Crippen LogP contribution >= 0.6 is 0 Å². The summed E-state index contributed by atoms with van der Waals surface area (Å²) in [5.74, 6) is 1.31. The highest BCUT2D eigenvalue weighted by Gasteiger charge is 2.18. The van der Waals surface area contributed by atoms with Crippen LogP contribution in [-0.2, 0) is 4.74 Å². The van der Waals surface area contributed by atoms with E-state index in [0.29, 0.717) is 24.9 Å². The van der Waals surface area contributed by atoms with Crippen molar-refractivity contribution < 1.29 is 9.26 Å². The van der Waals surface area contributed by atoms with E-state index in [1.807, 2.05) is 20.8 Å². The van der Waals surface area contributed by atoms with Crippen LogP contribution in [0, 0.1) is 0 Å². The van der Waals surface area contributed by atoms with Gasteiger partial charge in [0.05, 0.1) is 0 Å². The highest BCUT2D eigenvalue weighted by molar-refractivity contribution is 4.95. The van der Waals surface area contributed by atoms with E-state index in [0.717, 1.165) is 6.42 Å². The van der Waals surface area contributed by atoms with Crippen LogP contribution in [0.5, 0.6) is 0 Å². The Hall–Kier alpha value is -0.940. The number of nitrogens with zero attached hydrogens (tertiary/aromatic N) is 2. The van der Waals surface area contributed by atoms with Gasteiger partial charge in [-0.1, -0.05) is 19.0 Å². The molecule has 5 heteroatoms. The first-order valence-electron chi connectivity index (χ1n) is 5.38. The van der Waals surface area contributed by atoms with Gasteiger partial charge in [0.1, 0.15) is 6.10 Å². The molecule has 15 heavy (non-hydrogen) atoms. The average Bonchev–Trinajstić information content (AvgIpc) is 2.73. The largest absolute Gasteiger partial charge is 0.370 e. The van der Waals surface area contributed by atoms with Gasteiger partial charge in [0.2, 0.25) is 11.7 Å². The molecule has 2 N–H and O–H groups in total. The molecular weight excluding hydrogens is 194 g/mol. The fourth-order valence-electron chi connectivity index (χ4n) is 1.26. The Balaban J connectivity index is 2.72. The van der Waals surface area contributed by atoms with Crippen LogP contribution in [0.15, 0.2) is 4.52 Å². The fourth-order valence-corrected chi connectivity index (χ4v) is 1.26. The summed E-state index contributed by atoms with van der Waals surface area (Å²) < 4.78 is 10.6. The van der Waals surface area contributed by atoms with Crippen molar-refractivity contribution in [2.24, 2.45) is 5.73 Å². The monoisotopic (exact) mass is 213 g/mol. The van der Waals surface area contributed by atoms with Gasteiger partial charge in [-0.15, -0.1) is 0 Å². The molecule has 0 aliphatic rings. The smallest absolute Gasteiger partial charge is 0.230 e. The predicted octanol–water partition coefficient (Wildman–Crippen LogP) is 1.62. The minimum Gasteiger partial charge on any atom is -0.370 e. The number of ether oxygens (including phenoxy) is 1. The summed E-state index contributed by atoms with van der Waals surface area (Å²) in [7, 11) is 0. The Morgan fingerprint density at radius 2 is 2.20 bits per heavy atom. The molecule has 1 aromatic rings. The third kappa shape index (κ3) is 3.00. The molecule has 0 radical (unpaired) electrons. The molecule has 0 saturated heterocycles. The van der Waals surface area contributed by atoms with E-state index >= 15 is 0 Å². The van der Waals surface area contributed by atoms with Crippen molar-refractivity contribution in [3.05, 3.63) is 11.7 Å². The molecular formula is C10H19N3O2. The van der Waals surface area contributed by atoms with Gasteiger partial charge in [0.15, 0.2) is 0 Å². The van der Waals surface area contributed by atoms with Crippen molar-refractivity contribution >= 4 is 0 Å². The summed E-state index contributed by atoms with van der Waals surface area (Å²) in [6.07, 6.45) is 0.765. The SMILES string of the molecule is CCOC(CC)c1noc(C(C)CN)n1. The number of rotatable bonds is 6. The average molecular weight is 213 g/mol. The Labute approximate surface area is 90.0 Å². The number of hydrogen-bond donors (Lipinski definition) is 1. The first-order chi connectivity index (χ1) is 7.22. The van der Waals surface area contributed by atoms with Crippen molar-refractivity contribution in [1.82, 2.24) is 10.1 Å². The molecule has 0 bridgehead atoms. The van der Waals surface area contributed by atoms with E-state index in [9.17, 15) is 0 Å². The minimum atomic E-state index is -0.0718. The Bertz CT molecular complexity index is 288. The highest BCUT2D eigenvalue weighted by atomic mass is 16.5. The molecule has 0 amide bonds. The lowest BCUT2D eigenvalue weighted by molar-refractivity contribution is 0.0518. The molecule has 0 fully saturated rings. The molecule has 5 nitrogen and oxygen atoms in total. The summed E-state index contributed by atoms with van der Waals surface area (Å²) >= 11 is 0. The van der Waals surface area contributed by atoms with E-state index in [1.165, 1.54) is 0 Å². The van der Waals surface area contributed by atoms with Crippen LogP contribution in [-0.4, -0.2) is 23.3 Å². The Morgan fingerprint density at radius 3 is 2.73 bits per heavy atom. The third-order valence-electron chi connectivity index (χ3n) is 2.26. The summed E-state index contributed by atoms with van der Waals surface area (Å²) in [5, 5.41) is 3.91. The van der Waals surface area contributed by atoms with Crippen LogP contribution < -0.4 is 5.73 Å². The molecule has 0 aliphatic heterocycles. The zero-order valence-corrected chi connectivity index (χ0v) is 9.56. The maximum atomic E-state index is 5.52. The van der Waals surface area contributed by atoms with Gasteiger partial charge >= 0.3 is 0 Å². The fraction of sp³-hybridized carbons (Fsp3) is 0.800. The lowest BCUT2D eigenvalue weighted by Crippen LogP contribution is -2.10. The topological polar surface area (TPSA) is 74.2 Å². The van der Waals surface area contributed by atoms with E-state index < -0.39 is 0 Å². The van der Waals surface area contributed by atoms with Crippen molar-refractivity contribution in [3.63, 3.8) is 0 Å². The van der Waals surface area contributed by atoms with E-state index in [1.54, 1.807) is 0 Å². The zero-order valence-electron chi connectivity index (χ0n) is 9.56. The lowest BCUT2D eigenvalue weighted by Gasteiger charge is -2.09. The highest BCUT2D eigenvalue weighted by Crippen LogP contribution is 2.20. The van der Waals surface area contributed by atoms with Gasteiger partial charge in [-0.05, 0) is 13.3 Å². The molecule has 1 rings (SSSR count). The van der Waals surface area contributed by atoms with Gasteiger partial charge in [0.25, 0.3) is 0 Å². The zero-order chi connectivity index (χ0) is 11.3. The molecule has 0 spiro atoms. The third-order valence-corrected chi connectivity index (χ3v) is 2.26. The van der Waals surface area contributed by atoms with Crippen LogP contribution in [0.2, 0.25) is 0 Å². The Kier molecular flexibility index (Phi) is 4.71. The molecule has 2 atom stereocenters. The van der Waals surface area contributed by atoms with Crippen molar-refractivity contribution in [2.45, 2.75) is 39.2 Å². The summed E-state index contributed by atoms with van der Waals surface area (Å²) in [4.78, 5) is 4.29. The van der Waals surface area contributed by atoms with Gasteiger partial charge in [0, 0.05) is 19.1 Å². The molecule has 2 unspecified atom stereocenters. The maximum Gasteiger partial charge on any atom is 0.230 e. The number of nitrogens with two attached hydrogens (primary N) is 1. The minimum absolute atomic E-state index is 0.0718. The molecule has 0 saturated carbocycles. The second-order valence-electron chi connectivity index (χ2n) is 3.48. The predicted molar refractivity (Wildman–Crippen MR) is 56.4 cm³/mol. The van der Waals surface area contributed by atoms with Crippen LogP contribution in [0.25, 0.3) is 0 Å². The van der Waals surface area contributed by atoms with Crippen molar-refractivity contribution in [1.29, 1.82) is 0 Å². The second kappa shape index (κ2) is 5.82. The maximum absolute atomic E-state index is 5.52. The summed E-state index contributed by atoms with van der Waals surface area (Å²) in [6, 6.07) is 0. The van der Waals surface area contributed by atoms with Gasteiger partial charge < -0.3 is 15.0 Å². The quantitative estimate of drug-likeness (QED) is 0.777. The lowest BCUT2D eigenvalue weighted by atomic mass is 10.2. The molecule has 1 heterocycles. The van der Waals surface area contributed by atoms with Crippen LogP contribution in [0.3, 0.4) is 0 Å². The Morgan fingerprint density at radius 1 is 1.47 bits per heavy atom. The molecule has 86 valence electrons. The van der Waals surface area contributed by atoms with E-state index in [2.05, 4.69) is 10.1 Å². The first kappa shape index (κ1) is 12.1. The van der Waals surface area contributed by atoms with Gasteiger partial charge in [-0.3, -0.25) is 0 Å². The summed E-state index contributed by atoms with van der Waals surface area (Å²) in [5.41, 5.74) is 5.52. The number of hydrogen-bond acceptors (Lipinski definition) is 5. The molecule has 1 aromatic heterocycles. The standard InChI is InChI=1S/C10H19N3O2/c1-4-8(14-5-2)9-12-10(15-13-9)7(3)6-11/h7-8H,4-6,11H2,1-3H3. The number of aromatic nitrogens is 2. The van der Waals surface area contributed by atoms with E-state index in [4.69, 9.17) is 15.0 Å². The second-order valence-corrected chi connectivity index (χ2v) is 3.48. The normalized spacial score (nSPS) is 15.2. The van der Waals surface area contributed by atoms with E-state index in [-0.39, 0.29) is 12.0 Å². The van der Waals surface area contributed by atoms with Crippen molar-refractivity contribution in [2.75, 3.05) is 13.2 Å². The van der Waals surface area contributed by atoms with Gasteiger partial charge in [-0.2, -0.15) is 4.98 Å². The van der Waals surface area contributed by atoms with Crippen molar-refractivity contribution in [3.8, 4) is 0 Å². The van der Waals surface area contributed by atoms with Crippen LogP contribution in [0.4, 0.5) is 0 Å². The van der Waals surface area contributed by atoms with Gasteiger partial charge in [-0.25, -0.2) is 0 Å². The summed E-state index contributed by atoms with van der Waals surface area (Å²) in [6.45, 7) is 7.09. The van der Waals surface area contributed by atoms with Crippen LogP contribution in [0.1, 0.15) is 50.9 Å². The molecule has 0 aliphatic carbocycles. The molecule has 0 aromatic carbocycles. The first-order valence-corrected chi connectivity index (χ1v) is 5.38.